The molecule has 0 saturated carbocycles. The van der Waals surface area contributed by atoms with E-state index in [2.05, 4.69) is 102 Å². The minimum Gasteiger partial charge on any atom is -0.465 e. The number of hydrogen-bond acceptors (Lipinski definition) is 2. The van der Waals surface area contributed by atoms with Crippen molar-refractivity contribution in [3.63, 3.8) is 0 Å². The Labute approximate surface area is 220 Å². The van der Waals surface area contributed by atoms with Gasteiger partial charge in [-0.3, -0.25) is 0 Å². The normalized spacial score (nSPS) is 18.8. The molecule has 2 aliphatic carbocycles. The fourth-order valence-corrected chi connectivity index (χ4v) is 6.94. The van der Waals surface area contributed by atoms with E-state index in [0.29, 0.717) is 11.8 Å². The Hall–Kier alpha value is -3.52. The van der Waals surface area contributed by atoms with Gasteiger partial charge in [0.2, 0.25) is 0 Å². The van der Waals surface area contributed by atoms with E-state index in [9.17, 15) is 0 Å². The Morgan fingerprint density at radius 1 is 0.595 bits per heavy atom. The van der Waals surface area contributed by atoms with Gasteiger partial charge in [0.1, 0.15) is 11.5 Å². The molecule has 2 nitrogen and oxygen atoms in total. The van der Waals surface area contributed by atoms with E-state index in [1.165, 1.54) is 44.5 Å². The molecule has 2 aromatic heterocycles. The first-order valence-corrected chi connectivity index (χ1v) is 13.6. The lowest BCUT2D eigenvalue weighted by Crippen LogP contribution is -2.30. The first kappa shape index (κ1) is 23.9. The summed E-state index contributed by atoms with van der Waals surface area (Å²) in [5.41, 5.74) is 10.7. The van der Waals surface area contributed by atoms with E-state index >= 15 is 0 Å². The molecular formula is C35H36O2. The highest BCUT2D eigenvalue weighted by Gasteiger charge is 2.49. The molecule has 0 bridgehead atoms. The van der Waals surface area contributed by atoms with E-state index in [4.69, 9.17) is 8.83 Å². The molecule has 2 heterocycles. The van der Waals surface area contributed by atoms with E-state index < -0.39 is 0 Å². The van der Waals surface area contributed by atoms with E-state index in [1.54, 1.807) is 12.5 Å². The Bertz CT molecular complexity index is 1380. The third-order valence-electron chi connectivity index (χ3n) is 8.53. The van der Waals surface area contributed by atoms with E-state index in [1.807, 2.05) is 12.1 Å². The maximum atomic E-state index is 6.05. The minimum absolute atomic E-state index is 0.168. The zero-order chi connectivity index (χ0) is 25.9. The summed E-state index contributed by atoms with van der Waals surface area (Å²) < 4.78 is 12.1. The molecule has 2 unspecified atom stereocenters. The Balaban J connectivity index is 1.58. The van der Waals surface area contributed by atoms with Gasteiger partial charge < -0.3 is 8.83 Å². The van der Waals surface area contributed by atoms with Gasteiger partial charge in [0.05, 0.1) is 12.5 Å². The van der Waals surface area contributed by atoms with Crippen molar-refractivity contribution < 1.29 is 8.83 Å². The molecule has 2 aliphatic rings. The summed E-state index contributed by atoms with van der Waals surface area (Å²) >= 11 is 0. The molecule has 0 saturated heterocycles. The molecule has 0 spiro atoms. The lowest BCUT2D eigenvalue weighted by molar-refractivity contribution is 0.299. The highest BCUT2D eigenvalue weighted by atomic mass is 16.3. The Morgan fingerprint density at radius 3 is 1.38 bits per heavy atom. The van der Waals surface area contributed by atoms with Crippen molar-refractivity contribution in [3.8, 4) is 0 Å². The third-order valence-corrected chi connectivity index (χ3v) is 8.53. The van der Waals surface area contributed by atoms with Gasteiger partial charge in [-0.15, -0.1) is 0 Å². The molecule has 37 heavy (non-hydrogen) atoms. The Kier molecular flexibility index (Phi) is 5.67. The third kappa shape index (κ3) is 3.69. The van der Waals surface area contributed by atoms with Gasteiger partial charge in [0.15, 0.2) is 0 Å². The van der Waals surface area contributed by atoms with Crippen molar-refractivity contribution in [3.05, 3.63) is 118 Å². The summed E-state index contributed by atoms with van der Waals surface area (Å²) in [5.74, 6) is 3.16. The molecule has 2 atom stereocenters. The topological polar surface area (TPSA) is 26.3 Å². The zero-order valence-electron chi connectivity index (χ0n) is 22.7. The number of allylic oxidation sites excluding steroid dienone is 2. The molecule has 188 valence electrons. The van der Waals surface area contributed by atoms with Crippen LogP contribution in [0.25, 0.3) is 23.3 Å². The monoisotopic (exact) mass is 488 g/mol. The average molecular weight is 489 g/mol. The van der Waals surface area contributed by atoms with Crippen LogP contribution in [0.4, 0.5) is 0 Å². The maximum Gasteiger partial charge on any atom is 0.130 e. The Morgan fingerprint density at radius 2 is 1.03 bits per heavy atom. The molecule has 0 aliphatic heterocycles. The van der Waals surface area contributed by atoms with Crippen molar-refractivity contribution in [2.24, 2.45) is 5.41 Å². The minimum atomic E-state index is -0.168. The average Bonchev–Trinajstić information content (AvgIpc) is 3.66. The van der Waals surface area contributed by atoms with Gasteiger partial charge >= 0.3 is 0 Å². The first-order chi connectivity index (χ1) is 17.8. The van der Waals surface area contributed by atoms with Crippen LogP contribution in [0.5, 0.6) is 0 Å². The molecule has 0 radical (unpaired) electrons. The molecule has 0 amide bonds. The fraction of sp³-hybridized carbons (Fsp3) is 0.314. The molecule has 0 N–H and O–H groups in total. The highest BCUT2D eigenvalue weighted by molar-refractivity contribution is 5.95. The van der Waals surface area contributed by atoms with Crippen LogP contribution in [0.1, 0.15) is 110 Å². The zero-order valence-corrected chi connectivity index (χ0v) is 22.7. The van der Waals surface area contributed by atoms with Crippen molar-refractivity contribution in [1.82, 2.24) is 0 Å². The van der Waals surface area contributed by atoms with Crippen LogP contribution >= 0.6 is 0 Å². The van der Waals surface area contributed by atoms with Gasteiger partial charge in [-0.1, -0.05) is 77.9 Å². The largest absolute Gasteiger partial charge is 0.465 e. The van der Waals surface area contributed by atoms with Gasteiger partial charge in [-0.25, -0.2) is 0 Å². The summed E-state index contributed by atoms with van der Waals surface area (Å²) in [7, 11) is 0. The lowest BCUT2D eigenvalue weighted by Gasteiger charge is -2.41. The number of furan rings is 2. The smallest absolute Gasteiger partial charge is 0.130 e. The van der Waals surface area contributed by atoms with Gasteiger partial charge in [0, 0.05) is 23.0 Å². The lowest BCUT2D eigenvalue weighted by atomic mass is 9.61. The second kappa shape index (κ2) is 8.80. The molecular weight excluding hydrogens is 452 g/mol. The molecule has 2 heteroatoms. The van der Waals surface area contributed by atoms with E-state index in [0.717, 1.165) is 11.5 Å². The van der Waals surface area contributed by atoms with Crippen LogP contribution in [0.3, 0.4) is 0 Å². The van der Waals surface area contributed by atoms with Crippen LogP contribution in [-0.2, 0) is 0 Å². The summed E-state index contributed by atoms with van der Waals surface area (Å²) in [5, 5.41) is 0. The summed E-state index contributed by atoms with van der Waals surface area (Å²) in [6.45, 7) is 14.0. The quantitative estimate of drug-likeness (QED) is 0.270. The number of benzene rings is 2. The predicted octanol–water partition coefficient (Wildman–Crippen LogP) is 10.1. The number of rotatable bonds is 6. The standard InChI is InChI=1S/C35H36O2/c1-21(2)23-11-7-13-25-27(23)19-29(31-15-9-17-36-31)33(25)35(5,6)34-26-14-8-12-24(22(3)4)28(26)20-30(34)32-16-10-18-37-32/h7-22,33-34H,1-6H3. The summed E-state index contributed by atoms with van der Waals surface area (Å²) in [6, 6.07) is 21.9. The fourth-order valence-electron chi connectivity index (χ4n) is 6.94. The van der Waals surface area contributed by atoms with Gasteiger partial charge in [0.25, 0.3) is 0 Å². The summed E-state index contributed by atoms with van der Waals surface area (Å²) in [6.07, 6.45) is 8.38. The molecule has 0 fully saturated rings. The van der Waals surface area contributed by atoms with Gasteiger partial charge in [-0.2, -0.15) is 0 Å². The van der Waals surface area contributed by atoms with Crippen LogP contribution in [0, 0.1) is 5.41 Å². The van der Waals surface area contributed by atoms with Crippen LogP contribution in [0.15, 0.2) is 82.0 Å². The number of fused-ring (bicyclic) bond motifs is 2. The van der Waals surface area contributed by atoms with Crippen molar-refractivity contribution in [1.29, 1.82) is 0 Å². The first-order valence-electron chi connectivity index (χ1n) is 13.6. The van der Waals surface area contributed by atoms with E-state index in [-0.39, 0.29) is 17.3 Å². The molecule has 6 rings (SSSR count). The summed E-state index contributed by atoms with van der Waals surface area (Å²) in [4.78, 5) is 0. The molecule has 2 aromatic carbocycles. The molecule has 4 aromatic rings. The SMILES string of the molecule is CC(C)c1cccc2c1C=C(c1ccco1)C2C(C)(C)C1C(c2ccco2)=Cc2c(C(C)C)cccc21. The predicted molar refractivity (Wildman–Crippen MR) is 153 cm³/mol. The second-order valence-corrected chi connectivity index (χ2v) is 11.9. The van der Waals surface area contributed by atoms with Crippen LogP contribution in [0.2, 0.25) is 0 Å². The van der Waals surface area contributed by atoms with Crippen LogP contribution in [-0.4, -0.2) is 0 Å². The highest BCUT2D eigenvalue weighted by Crippen LogP contribution is 2.62. The van der Waals surface area contributed by atoms with Crippen LogP contribution < -0.4 is 0 Å². The second-order valence-electron chi connectivity index (χ2n) is 11.9. The van der Waals surface area contributed by atoms with Crippen molar-refractivity contribution in [2.75, 3.05) is 0 Å². The number of hydrogen-bond donors (Lipinski definition) is 0. The van der Waals surface area contributed by atoms with Gasteiger partial charge in [-0.05, 0) is 87.0 Å². The van der Waals surface area contributed by atoms with Crippen molar-refractivity contribution in [2.45, 2.75) is 65.2 Å². The van der Waals surface area contributed by atoms with Crippen molar-refractivity contribution >= 4 is 23.3 Å². The maximum absolute atomic E-state index is 6.05.